The van der Waals surface area contributed by atoms with E-state index in [9.17, 15) is 9.90 Å². The van der Waals surface area contributed by atoms with E-state index in [-0.39, 0.29) is 5.91 Å². The Balaban J connectivity index is 1.23. The Morgan fingerprint density at radius 1 is 1.03 bits per heavy atom. The van der Waals surface area contributed by atoms with E-state index >= 15 is 0 Å². The quantitative estimate of drug-likeness (QED) is 0.570. The summed E-state index contributed by atoms with van der Waals surface area (Å²) in [4.78, 5) is 20.5. The summed E-state index contributed by atoms with van der Waals surface area (Å²) in [5.41, 5.74) is 0.469. The minimum absolute atomic E-state index is 0.138. The minimum atomic E-state index is -0.697. The number of carbonyl (C=O) groups excluding carboxylic acids is 1. The fourth-order valence-corrected chi connectivity index (χ4v) is 5.60. The van der Waals surface area contributed by atoms with E-state index in [1.165, 1.54) is 18.4 Å². The van der Waals surface area contributed by atoms with Crippen molar-refractivity contribution in [3.63, 3.8) is 0 Å². The summed E-state index contributed by atoms with van der Waals surface area (Å²) in [6, 6.07) is 6.19. The molecule has 196 valence electrons. The van der Waals surface area contributed by atoms with Gasteiger partial charge in [0.1, 0.15) is 6.61 Å². The van der Waals surface area contributed by atoms with E-state index in [0.29, 0.717) is 19.7 Å². The number of ether oxygens (including phenoxy) is 2. The Kier molecular flexibility index (Phi) is 8.92. The van der Waals surface area contributed by atoms with Gasteiger partial charge in [0.15, 0.2) is 11.5 Å². The smallest absolute Gasteiger partial charge is 0.219 e. The first-order chi connectivity index (χ1) is 16.8. The third-order valence-electron chi connectivity index (χ3n) is 7.92. The molecule has 8 nitrogen and oxygen atoms in total. The SMILES string of the molecule is COc1cc(CN2CC[C@@](O)(CN3CCN(C(C)=O)CC3)C2)ccc1OCCN1CCC(C)CC1. The Bertz CT molecular complexity index is 836. The predicted molar refractivity (Wildman–Crippen MR) is 137 cm³/mol. The first-order valence-corrected chi connectivity index (χ1v) is 13.3. The summed E-state index contributed by atoms with van der Waals surface area (Å²) in [6.07, 6.45) is 3.33. The number of piperidine rings is 1. The lowest BCUT2D eigenvalue weighted by atomic mass is 9.99. The van der Waals surface area contributed by atoms with E-state index < -0.39 is 5.60 Å². The lowest BCUT2D eigenvalue weighted by Gasteiger charge is -2.38. The van der Waals surface area contributed by atoms with Crippen LogP contribution in [0.2, 0.25) is 0 Å². The zero-order valence-corrected chi connectivity index (χ0v) is 21.9. The summed E-state index contributed by atoms with van der Waals surface area (Å²) in [5.74, 6) is 2.55. The van der Waals surface area contributed by atoms with Crippen LogP contribution in [0.15, 0.2) is 18.2 Å². The first kappa shape index (κ1) is 26.2. The van der Waals surface area contributed by atoms with E-state index in [0.717, 1.165) is 82.7 Å². The molecule has 1 atom stereocenters. The van der Waals surface area contributed by atoms with Crippen molar-refractivity contribution in [2.75, 3.05) is 79.2 Å². The highest BCUT2D eigenvalue weighted by atomic mass is 16.5. The average molecular weight is 489 g/mol. The minimum Gasteiger partial charge on any atom is -0.493 e. The number of piperazine rings is 1. The molecule has 1 N–H and O–H groups in total. The molecule has 35 heavy (non-hydrogen) atoms. The molecule has 3 aliphatic rings. The van der Waals surface area contributed by atoms with Gasteiger partial charge in [-0.05, 0) is 56.0 Å². The number of hydrogen-bond acceptors (Lipinski definition) is 7. The van der Waals surface area contributed by atoms with Gasteiger partial charge in [0, 0.05) is 65.8 Å². The number of amides is 1. The zero-order chi connectivity index (χ0) is 24.8. The van der Waals surface area contributed by atoms with Crippen LogP contribution >= 0.6 is 0 Å². The fraction of sp³-hybridized carbons (Fsp3) is 0.741. The number of nitrogens with zero attached hydrogens (tertiary/aromatic N) is 4. The highest BCUT2D eigenvalue weighted by molar-refractivity contribution is 5.73. The maximum absolute atomic E-state index is 11.6. The molecule has 0 bridgehead atoms. The summed E-state index contributed by atoms with van der Waals surface area (Å²) in [6.45, 7) is 14.1. The van der Waals surface area contributed by atoms with Crippen LogP contribution in [0.5, 0.6) is 11.5 Å². The molecule has 4 rings (SSSR count). The predicted octanol–water partition coefficient (Wildman–Crippen LogP) is 1.91. The van der Waals surface area contributed by atoms with Crippen molar-refractivity contribution < 1.29 is 19.4 Å². The van der Waals surface area contributed by atoms with Crippen molar-refractivity contribution in [1.29, 1.82) is 0 Å². The van der Waals surface area contributed by atoms with Gasteiger partial charge in [-0.1, -0.05) is 13.0 Å². The molecule has 1 amide bonds. The van der Waals surface area contributed by atoms with Gasteiger partial charge in [-0.3, -0.25) is 19.5 Å². The monoisotopic (exact) mass is 488 g/mol. The molecular weight excluding hydrogens is 444 g/mol. The summed E-state index contributed by atoms with van der Waals surface area (Å²) >= 11 is 0. The van der Waals surface area contributed by atoms with Crippen molar-refractivity contribution >= 4 is 5.91 Å². The van der Waals surface area contributed by atoms with Gasteiger partial charge in [0.25, 0.3) is 0 Å². The Morgan fingerprint density at radius 2 is 1.77 bits per heavy atom. The standard InChI is InChI=1S/C27H44N4O4/c1-22-6-9-28(10-7-22)16-17-35-25-5-4-24(18-26(25)34-3)19-30-11-8-27(33,21-30)20-29-12-14-31(15-13-29)23(2)32/h4-5,18,22,33H,6-17,19-21H2,1-3H3/t27-/m1/s1. The van der Waals surface area contributed by atoms with Crippen LogP contribution in [-0.2, 0) is 11.3 Å². The normalized spacial score (nSPS) is 25.2. The number of β-amino-alcohol motifs (C(OH)–C–C–N with tert-alkyl or cyclic N) is 1. The van der Waals surface area contributed by atoms with Crippen LogP contribution in [0.3, 0.4) is 0 Å². The number of hydrogen-bond donors (Lipinski definition) is 1. The van der Waals surface area contributed by atoms with Gasteiger partial charge in [-0.15, -0.1) is 0 Å². The highest BCUT2D eigenvalue weighted by Crippen LogP contribution is 2.30. The van der Waals surface area contributed by atoms with Crippen LogP contribution < -0.4 is 9.47 Å². The van der Waals surface area contributed by atoms with Gasteiger partial charge in [-0.2, -0.15) is 0 Å². The molecule has 0 aliphatic carbocycles. The van der Waals surface area contributed by atoms with Gasteiger partial charge in [0.2, 0.25) is 5.91 Å². The number of rotatable bonds is 9. The number of methoxy groups -OCH3 is 1. The second-order valence-electron chi connectivity index (χ2n) is 10.8. The van der Waals surface area contributed by atoms with Crippen LogP contribution in [0.1, 0.15) is 38.7 Å². The lowest BCUT2D eigenvalue weighted by Crippen LogP contribution is -2.53. The third-order valence-corrected chi connectivity index (χ3v) is 7.92. The van der Waals surface area contributed by atoms with Gasteiger partial charge in [0.05, 0.1) is 12.7 Å². The second-order valence-corrected chi connectivity index (χ2v) is 10.8. The van der Waals surface area contributed by atoms with E-state index in [4.69, 9.17) is 9.47 Å². The average Bonchev–Trinajstić information content (AvgIpc) is 3.21. The van der Waals surface area contributed by atoms with Crippen LogP contribution in [0.4, 0.5) is 0 Å². The van der Waals surface area contributed by atoms with Crippen LogP contribution in [-0.4, -0.2) is 115 Å². The van der Waals surface area contributed by atoms with Crippen molar-refractivity contribution in [2.45, 2.75) is 45.3 Å². The number of aliphatic hydroxyl groups is 1. The van der Waals surface area contributed by atoms with Crippen molar-refractivity contribution in [3.8, 4) is 11.5 Å². The molecule has 0 radical (unpaired) electrons. The van der Waals surface area contributed by atoms with Crippen molar-refractivity contribution in [3.05, 3.63) is 23.8 Å². The summed E-state index contributed by atoms with van der Waals surface area (Å²) < 4.78 is 11.7. The van der Waals surface area contributed by atoms with E-state index in [2.05, 4.69) is 33.8 Å². The Morgan fingerprint density at radius 3 is 2.46 bits per heavy atom. The maximum Gasteiger partial charge on any atom is 0.219 e. The number of benzene rings is 1. The molecule has 3 saturated heterocycles. The lowest BCUT2D eigenvalue weighted by molar-refractivity contribution is -0.130. The van der Waals surface area contributed by atoms with E-state index in [1.807, 2.05) is 11.0 Å². The van der Waals surface area contributed by atoms with Gasteiger partial charge < -0.3 is 19.5 Å². The van der Waals surface area contributed by atoms with Crippen molar-refractivity contribution in [2.24, 2.45) is 5.92 Å². The van der Waals surface area contributed by atoms with Gasteiger partial charge in [-0.25, -0.2) is 0 Å². The highest BCUT2D eigenvalue weighted by Gasteiger charge is 2.38. The number of carbonyl (C=O) groups is 1. The van der Waals surface area contributed by atoms with Crippen LogP contribution in [0.25, 0.3) is 0 Å². The first-order valence-electron chi connectivity index (χ1n) is 13.3. The third kappa shape index (κ3) is 7.32. The molecule has 3 fully saturated rings. The molecule has 0 unspecified atom stereocenters. The molecule has 3 heterocycles. The Labute approximate surface area is 210 Å². The van der Waals surface area contributed by atoms with Crippen LogP contribution in [0, 0.1) is 5.92 Å². The van der Waals surface area contributed by atoms with Crippen molar-refractivity contribution in [1.82, 2.24) is 19.6 Å². The van der Waals surface area contributed by atoms with Gasteiger partial charge >= 0.3 is 0 Å². The zero-order valence-electron chi connectivity index (χ0n) is 21.9. The molecule has 8 heteroatoms. The largest absolute Gasteiger partial charge is 0.493 e. The molecule has 0 aromatic heterocycles. The molecular formula is C27H44N4O4. The molecule has 0 saturated carbocycles. The molecule has 0 spiro atoms. The second kappa shape index (κ2) is 11.9. The molecule has 1 aromatic rings. The Hall–Kier alpha value is -1.87. The maximum atomic E-state index is 11.6. The summed E-state index contributed by atoms with van der Waals surface area (Å²) in [7, 11) is 1.69. The molecule has 1 aromatic carbocycles. The van der Waals surface area contributed by atoms with E-state index in [1.54, 1.807) is 14.0 Å². The summed E-state index contributed by atoms with van der Waals surface area (Å²) in [5, 5.41) is 11.2. The number of likely N-dealkylation sites (tertiary alicyclic amines) is 2. The fourth-order valence-electron chi connectivity index (χ4n) is 5.60. The topological polar surface area (TPSA) is 68.7 Å². The molecule has 3 aliphatic heterocycles.